The number of carbonyl (C=O) groups is 2. The van der Waals surface area contributed by atoms with Gasteiger partial charge in [-0.05, 0) is 18.9 Å². The number of benzene rings is 1. The smallest absolute Gasteiger partial charge is 0.239 e. The maximum atomic E-state index is 11.3. The highest BCUT2D eigenvalue weighted by atomic mass is 35.5. The van der Waals surface area contributed by atoms with Gasteiger partial charge in [0, 0.05) is 6.54 Å². The van der Waals surface area contributed by atoms with Crippen LogP contribution in [0.5, 0.6) is 0 Å². The first-order valence-corrected chi connectivity index (χ1v) is 5.91. The monoisotopic (exact) mass is 285 g/mol. The number of carbonyl (C=O) groups excluding carboxylic acids is 2. The van der Waals surface area contributed by atoms with E-state index < -0.39 is 0 Å². The summed E-state index contributed by atoms with van der Waals surface area (Å²) in [6.45, 7) is 2.46. The van der Waals surface area contributed by atoms with Crippen LogP contribution in [0.25, 0.3) is 0 Å². The lowest BCUT2D eigenvalue weighted by Crippen LogP contribution is -2.40. The summed E-state index contributed by atoms with van der Waals surface area (Å²) >= 11 is 0. The molecule has 5 nitrogen and oxygen atoms in total. The van der Waals surface area contributed by atoms with Gasteiger partial charge >= 0.3 is 0 Å². The van der Waals surface area contributed by atoms with Gasteiger partial charge in [-0.25, -0.2) is 0 Å². The summed E-state index contributed by atoms with van der Waals surface area (Å²) in [5.41, 5.74) is 7.49. The summed E-state index contributed by atoms with van der Waals surface area (Å²) in [7, 11) is 0. The van der Waals surface area contributed by atoms with E-state index in [4.69, 9.17) is 5.73 Å². The van der Waals surface area contributed by atoms with E-state index in [0.29, 0.717) is 6.54 Å². The number of nitrogens with two attached hydrogens (primary N) is 1. The van der Waals surface area contributed by atoms with E-state index in [-0.39, 0.29) is 37.3 Å². The number of rotatable bonds is 6. The Hall–Kier alpha value is -1.59. The Morgan fingerprint density at radius 3 is 2.32 bits per heavy atom. The van der Waals surface area contributed by atoms with Crippen molar-refractivity contribution in [2.75, 3.05) is 19.6 Å². The summed E-state index contributed by atoms with van der Waals surface area (Å²) in [4.78, 5) is 22.2. The Morgan fingerprint density at radius 1 is 1.11 bits per heavy atom. The Kier molecular flexibility index (Phi) is 8.57. The zero-order chi connectivity index (χ0) is 13.4. The molecule has 0 atom stereocenters. The van der Waals surface area contributed by atoms with Gasteiger partial charge in [0.15, 0.2) is 0 Å². The Bertz CT molecular complexity index is 407. The lowest BCUT2D eigenvalue weighted by molar-refractivity contribution is -0.125. The summed E-state index contributed by atoms with van der Waals surface area (Å²) in [6.07, 6.45) is 0.775. The van der Waals surface area contributed by atoms with E-state index in [0.717, 1.165) is 6.42 Å². The van der Waals surface area contributed by atoms with Gasteiger partial charge in [-0.1, -0.05) is 29.8 Å². The Labute approximate surface area is 119 Å². The molecule has 1 aromatic rings. The third-order valence-electron chi connectivity index (χ3n) is 2.49. The average Bonchev–Trinajstić information content (AvgIpc) is 2.38. The second kappa shape index (κ2) is 9.35. The van der Waals surface area contributed by atoms with Gasteiger partial charge in [-0.2, -0.15) is 0 Å². The van der Waals surface area contributed by atoms with Crippen molar-refractivity contribution in [2.24, 2.45) is 5.73 Å². The second-order valence-corrected chi connectivity index (χ2v) is 4.07. The van der Waals surface area contributed by atoms with Gasteiger partial charge in [-0.15, -0.1) is 12.4 Å². The standard InChI is InChI=1S/C13H19N3O2.ClH/c1-10-2-4-11(5-3-10)6-7-15-13(18)9-16-12(17)8-14;/h2-5H,6-9,14H2,1H3,(H,15,18)(H,16,17);1H. The van der Waals surface area contributed by atoms with Crippen molar-refractivity contribution in [3.05, 3.63) is 35.4 Å². The molecule has 4 N–H and O–H groups in total. The lowest BCUT2D eigenvalue weighted by Gasteiger charge is -2.06. The number of amides is 2. The number of nitrogens with one attached hydrogen (secondary N) is 2. The fourth-order valence-corrected chi connectivity index (χ4v) is 1.41. The minimum atomic E-state index is -0.330. The van der Waals surface area contributed by atoms with Crippen LogP contribution < -0.4 is 16.4 Å². The molecule has 19 heavy (non-hydrogen) atoms. The maximum absolute atomic E-state index is 11.3. The molecule has 0 saturated carbocycles. The van der Waals surface area contributed by atoms with E-state index in [1.54, 1.807) is 0 Å². The highest BCUT2D eigenvalue weighted by Crippen LogP contribution is 2.02. The first kappa shape index (κ1) is 17.4. The van der Waals surface area contributed by atoms with Crippen molar-refractivity contribution in [1.29, 1.82) is 0 Å². The quantitative estimate of drug-likeness (QED) is 0.696. The molecule has 0 saturated heterocycles. The molecule has 0 fully saturated rings. The van der Waals surface area contributed by atoms with Crippen molar-refractivity contribution >= 4 is 24.2 Å². The molecule has 1 rings (SSSR count). The maximum Gasteiger partial charge on any atom is 0.239 e. The van der Waals surface area contributed by atoms with E-state index >= 15 is 0 Å². The molecule has 0 aliphatic carbocycles. The molecule has 2 amide bonds. The normalized spacial score (nSPS) is 9.37. The predicted octanol–water partition coefficient (Wildman–Crippen LogP) is 0.150. The largest absolute Gasteiger partial charge is 0.354 e. The van der Waals surface area contributed by atoms with Crippen LogP contribution in [0.15, 0.2) is 24.3 Å². The Morgan fingerprint density at radius 2 is 1.74 bits per heavy atom. The highest BCUT2D eigenvalue weighted by molar-refractivity contribution is 5.85. The van der Waals surface area contributed by atoms with Crippen molar-refractivity contribution in [1.82, 2.24) is 10.6 Å². The Balaban J connectivity index is 0.00000324. The average molecular weight is 286 g/mol. The minimum absolute atomic E-state index is 0. The van der Waals surface area contributed by atoms with Crippen LogP contribution in [0.2, 0.25) is 0 Å². The second-order valence-electron chi connectivity index (χ2n) is 4.07. The highest BCUT2D eigenvalue weighted by Gasteiger charge is 2.03. The summed E-state index contributed by atoms with van der Waals surface area (Å²) < 4.78 is 0. The molecule has 0 heterocycles. The van der Waals surface area contributed by atoms with E-state index in [1.807, 2.05) is 31.2 Å². The molecule has 0 radical (unpaired) electrons. The van der Waals surface area contributed by atoms with Crippen LogP contribution in [-0.2, 0) is 16.0 Å². The molecular formula is C13H20ClN3O2. The predicted molar refractivity (Wildman–Crippen MR) is 77.2 cm³/mol. The van der Waals surface area contributed by atoms with Gasteiger partial charge in [0.05, 0.1) is 13.1 Å². The molecule has 0 spiro atoms. The van der Waals surface area contributed by atoms with Crippen LogP contribution in [0, 0.1) is 6.92 Å². The van der Waals surface area contributed by atoms with Crippen LogP contribution in [0.1, 0.15) is 11.1 Å². The third kappa shape index (κ3) is 7.43. The number of aryl methyl sites for hydroxylation is 1. The van der Waals surface area contributed by atoms with Crippen molar-refractivity contribution in [3.63, 3.8) is 0 Å². The SMILES string of the molecule is Cc1ccc(CCNC(=O)CNC(=O)CN)cc1.Cl. The molecule has 0 aromatic heterocycles. The molecule has 0 aliphatic rings. The summed E-state index contributed by atoms with van der Waals surface area (Å²) in [5, 5.41) is 5.14. The molecule has 0 unspecified atom stereocenters. The molecular weight excluding hydrogens is 266 g/mol. The molecule has 0 aliphatic heterocycles. The van der Waals surface area contributed by atoms with Crippen molar-refractivity contribution in [3.8, 4) is 0 Å². The molecule has 0 bridgehead atoms. The topological polar surface area (TPSA) is 84.2 Å². The van der Waals surface area contributed by atoms with Gasteiger partial charge < -0.3 is 16.4 Å². The zero-order valence-corrected chi connectivity index (χ0v) is 11.8. The van der Waals surface area contributed by atoms with Crippen LogP contribution in [0.3, 0.4) is 0 Å². The van der Waals surface area contributed by atoms with E-state index in [9.17, 15) is 9.59 Å². The van der Waals surface area contributed by atoms with Crippen LogP contribution in [-0.4, -0.2) is 31.4 Å². The van der Waals surface area contributed by atoms with Crippen molar-refractivity contribution in [2.45, 2.75) is 13.3 Å². The van der Waals surface area contributed by atoms with E-state index in [1.165, 1.54) is 11.1 Å². The molecule has 6 heteroatoms. The first-order valence-electron chi connectivity index (χ1n) is 5.91. The summed E-state index contributed by atoms with van der Waals surface area (Å²) in [6, 6.07) is 8.16. The van der Waals surface area contributed by atoms with Gasteiger partial charge in [0.1, 0.15) is 0 Å². The zero-order valence-electron chi connectivity index (χ0n) is 10.9. The number of hydrogen-bond acceptors (Lipinski definition) is 3. The summed E-state index contributed by atoms with van der Waals surface area (Å²) in [5.74, 6) is -0.535. The molecule has 106 valence electrons. The van der Waals surface area contributed by atoms with Crippen LogP contribution >= 0.6 is 12.4 Å². The lowest BCUT2D eigenvalue weighted by atomic mass is 10.1. The molecule has 1 aromatic carbocycles. The van der Waals surface area contributed by atoms with E-state index in [2.05, 4.69) is 10.6 Å². The first-order chi connectivity index (χ1) is 8.61. The van der Waals surface area contributed by atoms with Gasteiger partial charge in [0.2, 0.25) is 11.8 Å². The minimum Gasteiger partial charge on any atom is -0.354 e. The fourth-order valence-electron chi connectivity index (χ4n) is 1.41. The fraction of sp³-hybridized carbons (Fsp3) is 0.385. The number of hydrogen-bond donors (Lipinski definition) is 3. The van der Waals surface area contributed by atoms with Gasteiger partial charge in [-0.3, -0.25) is 9.59 Å². The number of halogens is 1. The van der Waals surface area contributed by atoms with Crippen LogP contribution in [0.4, 0.5) is 0 Å². The third-order valence-corrected chi connectivity index (χ3v) is 2.49. The van der Waals surface area contributed by atoms with Crippen molar-refractivity contribution < 1.29 is 9.59 Å². The van der Waals surface area contributed by atoms with Gasteiger partial charge in [0.25, 0.3) is 0 Å².